The third-order valence-electron chi connectivity index (χ3n) is 7.74. The Morgan fingerprint density at radius 1 is 0.947 bits per heavy atom. The van der Waals surface area contributed by atoms with Crippen molar-refractivity contribution in [3.63, 3.8) is 0 Å². The van der Waals surface area contributed by atoms with Gasteiger partial charge < -0.3 is 15.1 Å². The number of hydrogen-bond acceptors (Lipinski definition) is 5. The van der Waals surface area contributed by atoms with Crippen molar-refractivity contribution in [2.45, 2.75) is 51.9 Å². The van der Waals surface area contributed by atoms with Gasteiger partial charge in [-0.1, -0.05) is 56.3 Å². The third-order valence-corrected chi connectivity index (χ3v) is 8.93. The maximum Gasteiger partial charge on any atom is 0.321 e. The van der Waals surface area contributed by atoms with Crippen LogP contribution in [0.5, 0.6) is 0 Å². The summed E-state index contributed by atoms with van der Waals surface area (Å²) < 4.78 is 0. The number of amides is 2. The van der Waals surface area contributed by atoms with Crippen molar-refractivity contribution in [1.29, 1.82) is 0 Å². The smallest absolute Gasteiger partial charge is 0.321 e. The average molecular weight is 526 g/mol. The maximum atomic E-state index is 13.0. The van der Waals surface area contributed by atoms with Gasteiger partial charge in [-0.25, -0.2) is 14.8 Å². The summed E-state index contributed by atoms with van der Waals surface area (Å²) in [5, 5.41) is 4.33. The summed E-state index contributed by atoms with van der Waals surface area (Å²) in [4.78, 5) is 30.1. The van der Waals surface area contributed by atoms with E-state index in [4.69, 9.17) is 9.97 Å². The molecule has 38 heavy (non-hydrogen) atoms. The number of nitrogens with zero attached hydrogens (tertiary/aromatic N) is 4. The van der Waals surface area contributed by atoms with E-state index >= 15 is 0 Å². The molecule has 196 valence electrons. The Morgan fingerprint density at radius 3 is 2.42 bits per heavy atom. The number of urea groups is 1. The molecule has 1 fully saturated rings. The monoisotopic (exact) mass is 525 g/mol. The van der Waals surface area contributed by atoms with Crippen LogP contribution in [0.2, 0.25) is 0 Å². The van der Waals surface area contributed by atoms with Gasteiger partial charge >= 0.3 is 6.03 Å². The lowest BCUT2D eigenvalue weighted by Gasteiger charge is -2.36. The number of piperazine rings is 1. The molecule has 6 rings (SSSR count). The standard InChI is InChI=1S/C31H35N5OS/c1-21(2)23-12-14-24(15-13-23)32-31(37)36-18-16-35(17-19-36)29-28-25-10-6-7-11-26(25)38-30(28)34-27(33-29)20-22-8-4-3-5-9-22/h3-5,8-9,12-15,21H,6-7,10-11,16-20H2,1-2H3,(H,32,37). The predicted octanol–water partition coefficient (Wildman–Crippen LogP) is 6.64. The van der Waals surface area contributed by atoms with E-state index in [1.165, 1.54) is 39.8 Å². The number of aromatic nitrogens is 2. The van der Waals surface area contributed by atoms with Crippen molar-refractivity contribution in [2.24, 2.45) is 0 Å². The first kappa shape index (κ1) is 24.9. The van der Waals surface area contributed by atoms with Gasteiger partial charge in [0.15, 0.2) is 0 Å². The van der Waals surface area contributed by atoms with E-state index in [1.54, 1.807) is 0 Å². The zero-order valence-electron chi connectivity index (χ0n) is 22.2. The van der Waals surface area contributed by atoms with Crippen LogP contribution in [0.4, 0.5) is 16.3 Å². The highest BCUT2D eigenvalue weighted by atomic mass is 32.1. The number of hydrogen-bond donors (Lipinski definition) is 1. The van der Waals surface area contributed by atoms with Gasteiger partial charge in [-0.05, 0) is 60.4 Å². The number of fused-ring (bicyclic) bond motifs is 3. The largest absolute Gasteiger partial charge is 0.352 e. The maximum absolute atomic E-state index is 13.0. The number of carbonyl (C=O) groups is 1. The second-order valence-electron chi connectivity index (χ2n) is 10.7. The summed E-state index contributed by atoms with van der Waals surface area (Å²) in [6.45, 7) is 7.22. The summed E-state index contributed by atoms with van der Waals surface area (Å²) in [5.74, 6) is 2.41. The zero-order valence-corrected chi connectivity index (χ0v) is 23.1. The summed E-state index contributed by atoms with van der Waals surface area (Å²) in [6, 6.07) is 18.6. The molecular weight excluding hydrogens is 490 g/mol. The van der Waals surface area contributed by atoms with Gasteiger partial charge in [0, 0.05) is 43.2 Å². The van der Waals surface area contributed by atoms with E-state index in [0.29, 0.717) is 19.0 Å². The average Bonchev–Trinajstić information content (AvgIpc) is 3.32. The molecule has 0 saturated carbocycles. The molecule has 1 aliphatic heterocycles. The SMILES string of the molecule is CC(C)c1ccc(NC(=O)N2CCN(c3nc(Cc4ccccc4)nc4sc5c(c34)CCCC5)CC2)cc1. The fraction of sp³-hybridized carbons (Fsp3) is 0.387. The van der Waals surface area contributed by atoms with E-state index in [0.717, 1.165) is 54.5 Å². The van der Waals surface area contributed by atoms with E-state index in [9.17, 15) is 4.79 Å². The quantitative estimate of drug-likeness (QED) is 0.317. The summed E-state index contributed by atoms with van der Waals surface area (Å²) in [5.41, 5.74) is 4.80. The van der Waals surface area contributed by atoms with Crippen LogP contribution in [0.15, 0.2) is 54.6 Å². The first-order valence-corrected chi connectivity index (χ1v) is 14.6. The van der Waals surface area contributed by atoms with Crippen LogP contribution in [-0.4, -0.2) is 47.1 Å². The van der Waals surface area contributed by atoms with Crippen molar-refractivity contribution in [3.05, 3.63) is 82.0 Å². The fourth-order valence-electron chi connectivity index (χ4n) is 5.54. The van der Waals surface area contributed by atoms with Gasteiger partial charge in [0.2, 0.25) is 0 Å². The summed E-state index contributed by atoms with van der Waals surface area (Å²) in [6.07, 6.45) is 5.48. The highest BCUT2D eigenvalue weighted by molar-refractivity contribution is 7.19. The van der Waals surface area contributed by atoms with Crippen molar-refractivity contribution in [3.8, 4) is 0 Å². The summed E-state index contributed by atoms with van der Waals surface area (Å²) >= 11 is 1.86. The van der Waals surface area contributed by atoms with Gasteiger partial charge in [-0.3, -0.25) is 0 Å². The number of anilines is 2. The molecule has 0 atom stereocenters. The molecule has 1 N–H and O–H groups in total. The highest BCUT2D eigenvalue weighted by Gasteiger charge is 2.27. The Bertz CT molecular complexity index is 1420. The molecular formula is C31H35N5OS. The minimum Gasteiger partial charge on any atom is -0.352 e. The van der Waals surface area contributed by atoms with Gasteiger partial charge in [-0.15, -0.1) is 11.3 Å². The molecule has 0 spiro atoms. The Hall–Kier alpha value is -3.45. The van der Waals surface area contributed by atoms with E-state index in [-0.39, 0.29) is 6.03 Å². The molecule has 7 heteroatoms. The molecule has 1 saturated heterocycles. The topological polar surface area (TPSA) is 61.4 Å². The number of carbonyl (C=O) groups excluding carboxylic acids is 1. The van der Waals surface area contributed by atoms with Gasteiger partial charge in [-0.2, -0.15) is 0 Å². The molecule has 1 aliphatic carbocycles. The minimum absolute atomic E-state index is 0.0348. The normalized spacial score (nSPS) is 15.7. The highest BCUT2D eigenvalue weighted by Crippen LogP contribution is 2.40. The molecule has 6 nitrogen and oxygen atoms in total. The van der Waals surface area contributed by atoms with Crippen LogP contribution in [0.25, 0.3) is 10.2 Å². The first-order valence-electron chi connectivity index (χ1n) is 13.8. The number of aryl methyl sites for hydroxylation is 2. The Balaban J connectivity index is 1.21. The van der Waals surface area contributed by atoms with Crippen LogP contribution in [0.1, 0.15) is 60.0 Å². The number of nitrogens with one attached hydrogen (secondary N) is 1. The van der Waals surface area contributed by atoms with Crippen molar-refractivity contribution in [1.82, 2.24) is 14.9 Å². The number of rotatable bonds is 5. The third kappa shape index (κ3) is 5.12. The lowest BCUT2D eigenvalue weighted by atomic mass is 9.96. The van der Waals surface area contributed by atoms with Crippen LogP contribution < -0.4 is 10.2 Å². The van der Waals surface area contributed by atoms with Gasteiger partial charge in [0.1, 0.15) is 16.5 Å². The molecule has 2 aromatic heterocycles. The molecule has 0 unspecified atom stereocenters. The Labute approximate surface area is 228 Å². The zero-order chi connectivity index (χ0) is 26.1. The predicted molar refractivity (Wildman–Crippen MR) is 157 cm³/mol. The second kappa shape index (κ2) is 10.7. The van der Waals surface area contributed by atoms with Gasteiger partial charge in [0.25, 0.3) is 0 Å². The fourth-order valence-corrected chi connectivity index (χ4v) is 6.82. The minimum atomic E-state index is -0.0348. The molecule has 3 heterocycles. The summed E-state index contributed by atoms with van der Waals surface area (Å²) in [7, 11) is 0. The second-order valence-corrected chi connectivity index (χ2v) is 11.8. The molecule has 0 bridgehead atoms. The molecule has 4 aromatic rings. The Kier molecular flexibility index (Phi) is 7.02. The molecule has 2 aromatic carbocycles. The first-order chi connectivity index (χ1) is 18.5. The van der Waals surface area contributed by atoms with E-state index in [2.05, 4.69) is 60.5 Å². The van der Waals surface area contributed by atoms with Crippen molar-refractivity contribution in [2.75, 3.05) is 36.4 Å². The van der Waals surface area contributed by atoms with Crippen LogP contribution in [-0.2, 0) is 19.3 Å². The lowest BCUT2D eigenvalue weighted by molar-refractivity contribution is 0.208. The van der Waals surface area contributed by atoms with E-state index in [1.807, 2.05) is 34.4 Å². The lowest BCUT2D eigenvalue weighted by Crippen LogP contribution is -2.50. The number of benzene rings is 2. The van der Waals surface area contributed by atoms with Crippen molar-refractivity contribution >= 4 is 39.1 Å². The van der Waals surface area contributed by atoms with Gasteiger partial charge in [0.05, 0.1) is 5.39 Å². The van der Waals surface area contributed by atoms with Crippen LogP contribution in [0, 0.1) is 0 Å². The molecule has 0 radical (unpaired) electrons. The van der Waals surface area contributed by atoms with Crippen molar-refractivity contribution < 1.29 is 4.79 Å². The molecule has 2 aliphatic rings. The molecule has 2 amide bonds. The van der Waals surface area contributed by atoms with E-state index < -0.39 is 0 Å². The van der Waals surface area contributed by atoms with Crippen LogP contribution in [0.3, 0.4) is 0 Å². The number of thiophene rings is 1. The Morgan fingerprint density at radius 2 is 1.68 bits per heavy atom. The van der Waals surface area contributed by atoms with Crippen LogP contribution >= 0.6 is 11.3 Å².